The lowest BCUT2D eigenvalue weighted by Gasteiger charge is -2.19. The minimum atomic E-state index is -0.387. The molecule has 1 aliphatic rings. The maximum atomic E-state index is 11.9. The van der Waals surface area contributed by atoms with E-state index in [0.29, 0.717) is 5.92 Å². The number of rotatable bonds is 2. The van der Waals surface area contributed by atoms with Crippen LogP contribution in [0.25, 0.3) is 0 Å². The minimum absolute atomic E-state index is 0.0449. The molecule has 0 N–H and O–H groups in total. The summed E-state index contributed by atoms with van der Waals surface area (Å²) >= 11 is 3.45. The summed E-state index contributed by atoms with van der Waals surface area (Å²) in [5.74, 6) is 0.313. The molecule has 2 nitrogen and oxygen atoms in total. The van der Waals surface area contributed by atoms with Gasteiger partial charge in [0.25, 0.3) is 0 Å². The summed E-state index contributed by atoms with van der Waals surface area (Å²) in [7, 11) is 0. The zero-order valence-corrected chi connectivity index (χ0v) is 12.0. The molecule has 2 atom stereocenters. The van der Waals surface area contributed by atoms with Crippen molar-refractivity contribution in [2.24, 2.45) is 5.92 Å². The van der Waals surface area contributed by atoms with Gasteiger partial charge in [-0.2, -0.15) is 0 Å². The number of carbonyl (C=O) groups excluding carboxylic acids is 1. The van der Waals surface area contributed by atoms with Crippen LogP contribution >= 0.6 is 15.9 Å². The highest BCUT2D eigenvalue weighted by molar-refractivity contribution is 9.10. The number of esters is 1. The maximum absolute atomic E-state index is 11.9. The van der Waals surface area contributed by atoms with E-state index in [2.05, 4.69) is 28.1 Å². The Morgan fingerprint density at radius 2 is 2.12 bits per heavy atom. The number of carbonyl (C=O) groups is 1. The summed E-state index contributed by atoms with van der Waals surface area (Å²) in [6.45, 7) is 5.71. The first-order chi connectivity index (χ1) is 7.87. The van der Waals surface area contributed by atoms with Gasteiger partial charge in [0.05, 0.1) is 5.92 Å². The van der Waals surface area contributed by atoms with Gasteiger partial charge >= 0.3 is 5.97 Å². The third-order valence-corrected chi connectivity index (χ3v) is 3.27. The molecule has 1 aromatic carbocycles. The summed E-state index contributed by atoms with van der Waals surface area (Å²) in [6, 6.07) is 8.15. The van der Waals surface area contributed by atoms with Crippen molar-refractivity contribution in [1.82, 2.24) is 0 Å². The first-order valence-electron chi connectivity index (χ1n) is 5.85. The molecule has 0 saturated heterocycles. The Labute approximate surface area is 110 Å². The first-order valence-corrected chi connectivity index (χ1v) is 6.64. The van der Waals surface area contributed by atoms with E-state index < -0.39 is 0 Å². The van der Waals surface area contributed by atoms with Gasteiger partial charge in [-0.25, -0.2) is 0 Å². The van der Waals surface area contributed by atoms with Crippen LogP contribution in [0.1, 0.15) is 38.7 Å². The standard InChI is InChI=1S/C14H17BrO2/c1-14(2,3)17-13(16)12-8-11(12)9-5-4-6-10(15)7-9/h4-7,11-12H,8H2,1-3H3/t11?,12-/m1/s1. The van der Waals surface area contributed by atoms with Crippen molar-refractivity contribution >= 4 is 21.9 Å². The fraction of sp³-hybridized carbons (Fsp3) is 0.500. The molecule has 0 bridgehead atoms. The van der Waals surface area contributed by atoms with Gasteiger partial charge in [0.1, 0.15) is 5.60 Å². The lowest BCUT2D eigenvalue weighted by molar-refractivity contribution is -0.156. The Morgan fingerprint density at radius 3 is 2.71 bits per heavy atom. The lowest BCUT2D eigenvalue weighted by atomic mass is 10.1. The highest BCUT2D eigenvalue weighted by Gasteiger charge is 2.46. The molecule has 0 radical (unpaired) electrons. The van der Waals surface area contributed by atoms with Crippen molar-refractivity contribution in [3.8, 4) is 0 Å². The number of benzene rings is 1. The average molecular weight is 297 g/mol. The number of hydrogen-bond acceptors (Lipinski definition) is 2. The first kappa shape index (κ1) is 12.6. The number of ether oxygens (including phenoxy) is 1. The Bertz CT molecular complexity index is 434. The molecule has 1 aromatic rings. The average Bonchev–Trinajstić information content (AvgIpc) is 2.94. The molecule has 1 aliphatic carbocycles. The molecule has 0 spiro atoms. The van der Waals surface area contributed by atoms with Crippen LogP contribution < -0.4 is 0 Å². The second-order valence-electron chi connectivity index (χ2n) is 5.54. The van der Waals surface area contributed by atoms with Crippen LogP contribution in [0.2, 0.25) is 0 Å². The van der Waals surface area contributed by atoms with E-state index in [1.807, 2.05) is 32.9 Å². The van der Waals surface area contributed by atoms with Crippen LogP contribution in [-0.4, -0.2) is 11.6 Å². The van der Waals surface area contributed by atoms with Gasteiger partial charge in [-0.05, 0) is 50.8 Å². The smallest absolute Gasteiger partial charge is 0.310 e. The summed E-state index contributed by atoms with van der Waals surface area (Å²) in [4.78, 5) is 11.9. The molecule has 92 valence electrons. The quantitative estimate of drug-likeness (QED) is 0.774. The van der Waals surface area contributed by atoms with E-state index in [1.165, 1.54) is 5.56 Å². The predicted octanol–water partition coefficient (Wildman–Crippen LogP) is 3.89. The van der Waals surface area contributed by atoms with Crippen LogP contribution in [0.5, 0.6) is 0 Å². The van der Waals surface area contributed by atoms with Gasteiger partial charge in [0.2, 0.25) is 0 Å². The molecule has 0 aliphatic heterocycles. The van der Waals surface area contributed by atoms with Crippen molar-refractivity contribution < 1.29 is 9.53 Å². The third kappa shape index (κ3) is 3.32. The number of halogens is 1. The molecule has 1 saturated carbocycles. The normalized spacial score (nSPS) is 23.3. The fourth-order valence-electron chi connectivity index (χ4n) is 1.94. The predicted molar refractivity (Wildman–Crippen MR) is 70.8 cm³/mol. The van der Waals surface area contributed by atoms with Gasteiger partial charge < -0.3 is 4.74 Å². The van der Waals surface area contributed by atoms with Crippen molar-refractivity contribution in [2.45, 2.75) is 38.7 Å². The molecule has 1 unspecified atom stereocenters. The van der Waals surface area contributed by atoms with Crippen molar-refractivity contribution in [1.29, 1.82) is 0 Å². The lowest BCUT2D eigenvalue weighted by Crippen LogP contribution is -2.25. The zero-order chi connectivity index (χ0) is 12.6. The summed E-state index contributed by atoms with van der Waals surface area (Å²) < 4.78 is 6.45. The molecule has 0 heterocycles. The monoisotopic (exact) mass is 296 g/mol. The Morgan fingerprint density at radius 1 is 1.41 bits per heavy atom. The molecule has 1 fully saturated rings. The summed E-state index contributed by atoms with van der Waals surface area (Å²) in [5.41, 5.74) is 0.830. The molecular formula is C14H17BrO2. The molecule has 0 aromatic heterocycles. The minimum Gasteiger partial charge on any atom is -0.460 e. The number of hydrogen-bond donors (Lipinski definition) is 0. The van der Waals surface area contributed by atoms with E-state index in [4.69, 9.17) is 4.74 Å². The molecule has 2 rings (SSSR count). The third-order valence-electron chi connectivity index (χ3n) is 2.78. The fourth-order valence-corrected chi connectivity index (χ4v) is 2.36. The highest BCUT2D eigenvalue weighted by atomic mass is 79.9. The van der Waals surface area contributed by atoms with Gasteiger partial charge in [-0.15, -0.1) is 0 Å². The summed E-state index contributed by atoms with van der Waals surface area (Å²) in [6.07, 6.45) is 0.908. The van der Waals surface area contributed by atoms with Crippen LogP contribution in [0.3, 0.4) is 0 Å². The van der Waals surface area contributed by atoms with E-state index in [-0.39, 0.29) is 17.5 Å². The second kappa shape index (κ2) is 4.45. The summed E-state index contributed by atoms with van der Waals surface area (Å²) in [5, 5.41) is 0. The van der Waals surface area contributed by atoms with E-state index in [0.717, 1.165) is 10.9 Å². The topological polar surface area (TPSA) is 26.3 Å². The van der Waals surface area contributed by atoms with Gasteiger partial charge in [-0.3, -0.25) is 4.79 Å². The van der Waals surface area contributed by atoms with E-state index in [9.17, 15) is 4.79 Å². The van der Waals surface area contributed by atoms with Crippen LogP contribution in [-0.2, 0) is 9.53 Å². The molecule has 3 heteroatoms. The van der Waals surface area contributed by atoms with E-state index in [1.54, 1.807) is 0 Å². The maximum Gasteiger partial charge on any atom is 0.310 e. The molecular weight excluding hydrogens is 280 g/mol. The molecule has 17 heavy (non-hydrogen) atoms. The van der Waals surface area contributed by atoms with Crippen molar-refractivity contribution in [3.05, 3.63) is 34.3 Å². The van der Waals surface area contributed by atoms with Gasteiger partial charge in [-0.1, -0.05) is 28.1 Å². The van der Waals surface area contributed by atoms with Gasteiger partial charge in [0, 0.05) is 4.47 Å². The van der Waals surface area contributed by atoms with Gasteiger partial charge in [0.15, 0.2) is 0 Å². The second-order valence-corrected chi connectivity index (χ2v) is 6.45. The highest BCUT2D eigenvalue weighted by Crippen LogP contribution is 2.48. The zero-order valence-electron chi connectivity index (χ0n) is 10.4. The van der Waals surface area contributed by atoms with Crippen molar-refractivity contribution in [3.63, 3.8) is 0 Å². The molecule has 0 amide bonds. The van der Waals surface area contributed by atoms with E-state index >= 15 is 0 Å². The largest absolute Gasteiger partial charge is 0.460 e. The van der Waals surface area contributed by atoms with Crippen LogP contribution in [0.4, 0.5) is 0 Å². The van der Waals surface area contributed by atoms with Crippen molar-refractivity contribution in [2.75, 3.05) is 0 Å². The van der Waals surface area contributed by atoms with Crippen LogP contribution in [0, 0.1) is 5.92 Å². The van der Waals surface area contributed by atoms with Crippen LogP contribution in [0.15, 0.2) is 28.7 Å². The SMILES string of the molecule is CC(C)(C)OC(=O)[C@@H]1CC1c1cccc(Br)c1. The Kier molecular flexibility index (Phi) is 3.30. The Hall–Kier alpha value is -0.830. The Balaban J connectivity index is 1.99.